The summed E-state index contributed by atoms with van der Waals surface area (Å²) in [6.45, 7) is 2.42. The lowest BCUT2D eigenvalue weighted by atomic mass is 10.2. The van der Waals surface area contributed by atoms with Crippen LogP contribution in [-0.2, 0) is 13.0 Å². The molecular weight excluding hydrogens is 324 g/mol. The second kappa shape index (κ2) is 7.18. The van der Waals surface area contributed by atoms with Crippen LogP contribution < -0.4 is 5.32 Å². The molecule has 1 N–H and O–H groups in total. The van der Waals surface area contributed by atoms with Gasteiger partial charge in [0, 0.05) is 41.0 Å². The van der Waals surface area contributed by atoms with E-state index >= 15 is 0 Å². The highest BCUT2D eigenvalue weighted by Gasteiger charge is 2.12. The van der Waals surface area contributed by atoms with Crippen molar-refractivity contribution in [2.24, 2.45) is 0 Å². The Balaban J connectivity index is 1.74. The Hall–Kier alpha value is -2.80. The predicted octanol–water partition coefficient (Wildman–Crippen LogP) is 4.29. The first-order valence-electron chi connectivity index (χ1n) is 7.54. The summed E-state index contributed by atoms with van der Waals surface area (Å²) in [5.41, 5.74) is 2.80. The van der Waals surface area contributed by atoms with Crippen LogP contribution in [0.1, 0.15) is 18.2 Å². The molecule has 0 aliphatic carbocycles. The molecule has 0 aliphatic rings. The second-order valence-corrected chi connectivity index (χ2v) is 6.02. The number of nitro groups is 1. The van der Waals surface area contributed by atoms with E-state index in [9.17, 15) is 10.1 Å². The van der Waals surface area contributed by atoms with Gasteiger partial charge in [-0.2, -0.15) is 0 Å². The predicted molar refractivity (Wildman–Crippen MR) is 95.1 cm³/mol. The van der Waals surface area contributed by atoms with E-state index in [2.05, 4.69) is 22.2 Å². The highest BCUT2D eigenvalue weighted by atomic mass is 32.1. The zero-order valence-electron chi connectivity index (χ0n) is 13.1. The maximum absolute atomic E-state index is 11.0. The number of anilines is 1. The molecule has 2 heterocycles. The third kappa shape index (κ3) is 3.57. The molecule has 0 atom stereocenters. The summed E-state index contributed by atoms with van der Waals surface area (Å²) in [7, 11) is 0. The second-order valence-electron chi connectivity index (χ2n) is 5.17. The van der Waals surface area contributed by atoms with Gasteiger partial charge in [0.2, 0.25) is 0 Å². The van der Waals surface area contributed by atoms with Gasteiger partial charge in [0.15, 0.2) is 0 Å². The van der Waals surface area contributed by atoms with Gasteiger partial charge in [-0.25, -0.2) is 4.98 Å². The molecule has 7 heteroatoms. The van der Waals surface area contributed by atoms with Crippen LogP contribution in [-0.4, -0.2) is 14.9 Å². The lowest BCUT2D eigenvalue weighted by Gasteiger charge is -2.04. The lowest BCUT2D eigenvalue weighted by molar-refractivity contribution is -0.385. The van der Waals surface area contributed by atoms with Crippen molar-refractivity contribution in [2.45, 2.75) is 19.9 Å². The molecule has 6 nitrogen and oxygen atoms in total. The number of thiazole rings is 1. The van der Waals surface area contributed by atoms with Crippen molar-refractivity contribution in [3.63, 3.8) is 0 Å². The number of hydrogen-bond donors (Lipinski definition) is 1. The quantitative estimate of drug-likeness (QED) is 0.535. The molecule has 0 saturated carbocycles. The molecule has 0 bridgehead atoms. The van der Waals surface area contributed by atoms with Gasteiger partial charge in [0.25, 0.3) is 5.69 Å². The number of aryl methyl sites for hydroxylation is 1. The smallest absolute Gasteiger partial charge is 0.274 e. The maximum atomic E-state index is 11.0. The molecule has 24 heavy (non-hydrogen) atoms. The zero-order chi connectivity index (χ0) is 16.9. The van der Waals surface area contributed by atoms with Crippen molar-refractivity contribution in [3.05, 3.63) is 69.3 Å². The molecule has 122 valence electrons. The Bertz CT molecular complexity index is 863. The molecule has 2 aromatic heterocycles. The summed E-state index contributed by atoms with van der Waals surface area (Å²) >= 11 is 1.53. The first-order valence-corrected chi connectivity index (χ1v) is 8.42. The largest absolute Gasteiger partial charge is 0.365 e. The maximum Gasteiger partial charge on any atom is 0.274 e. The van der Waals surface area contributed by atoms with Gasteiger partial charge in [-0.1, -0.05) is 25.1 Å². The summed E-state index contributed by atoms with van der Waals surface area (Å²) in [4.78, 5) is 19.5. The minimum Gasteiger partial charge on any atom is -0.365 e. The summed E-state index contributed by atoms with van der Waals surface area (Å²) in [6.07, 6.45) is 2.66. The number of benzene rings is 1. The molecule has 0 unspecified atom stereocenters. The Labute approximate surface area is 143 Å². The number of hydrogen-bond acceptors (Lipinski definition) is 6. The summed E-state index contributed by atoms with van der Waals surface area (Å²) in [5.74, 6) is 0.711. The average molecular weight is 340 g/mol. The van der Waals surface area contributed by atoms with E-state index in [0.29, 0.717) is 17.9 Å². The van der Waals surface area contributed by atoms with Gasteiger partial charge in [-0.05, 0) is 18.6 Å². The van der Waals surface area contributed by atoms with Gasteiger partial charge in [-0.15, -0.1) is 11.3 Å². The number of nitrogens with zero attached hydrogens (tertiary/aromatic N) is 3. The Morgan fingerprint density at radius 1 is 1.29 bits per heavy atom. The number of rotatable bonds is 6. The minimum atomic E-state index is -0.368. The van der Waals surface area contributed by atoms with Gasteiger partial charge in [0.05, 0.1) is 4.92 Å². The monoisotopic (exact) mass is 340 g/mol. The topological polar surface area (TPSA) is 81.0 Å². The van der Waals surface area contributed by atoms with E-state index in [1.54, 1.807) is 24.4 Å². The van der Waals surface area contributed by atoms with Crippen LogP contribution >= 0.6 is 11.3 Å². The molecule has 0 spiro atoms. The average Bonchev–Trinajstić information content (AvgIpc) is 3.09. The van der Waals surface area contributed by atoms with Crippen LogP contribution in [0, 0.1) is 10.1 Å². The molecule has 1 aromatic carbocycles. The number of nitro benzene ring substituents is 1. The normalized spacial score (nSPS) is 10.5. The highest BCUT2D eigenvalue weighted by molar-refractivity contribution is 7.13. The standard InChI is InChI=1S/C17H16N4O2S/c1-2-14-9-12(7-8-18-14)17-20-16(11-24-17)19-10-13-5-3-4-6-15(13)21(22)23/h3-9,11,19H,2,10H2,1H3. The molecule has 0 fully saturated rings. The first-order chi connectivity index (χ1) is 11.7. The fraction of sp³-hybridized carbons (Fsp3) is 0.176. The molecular formula is C17H16N4O2S. The van der Waals surface area contributed by atoms with Crippen LogP contribution in [0.5, 0.6) is 0 Å². The number of nitrogens with one attached hydrogen (secondary N) is 1. The summed E-state index contributed by atoms with van der Waals surface area (Å²) in [6, 6.07) is 10.7. The molecule has 0 aliphatic heterocycles. The van der Waals surface area contributed by atoms with E-state index < -0.39 is 0 Å². The van der Waals surface area contributed by atoms with Crippen molar-refractivity contribution in [3.8, 4) is 10.6 Å². The van der Waals surface area contributed by atoms with E-state index in [1.807, 2.05) is 17.5 Å². The number of pyridine rings is 1. The summed E-state index contributed by atoms with van der Waals surface area (Å²) < 4.78 is 0. The first kappa shape index (κ1) is 16.1. The third-order valence-corrected chi connectivity index (χ3v) is 4.47. The molecule has 0 amide bonds. The Kier molecular flexibility index (Phi) is 4.81. The van der Waals surface area contributed by atoms with Gasteiger partial charge >= 0.3 is 0 Å². The van der Waals surface area contributed by atoms with Crippen molar-refractivity contribution < 1.29 is 4.92 Å². The molecule has 0 saturated heterocycles. The fourth-order valence-electron chi connectivity index (χ4n) is 2.32. The van der Waals surface area contributed by atoms with Crippen molar-refractivity contribution in [1.29, 1.82) is 0 Å². The third-order valence-electron chi connectivity index (χ3n) is 3.58. The molecule has 0 radical (unpaired) electrons. The van der Waals surface area contributed by atoms with Crippen LogP contribution in [0.2, 0.25) is 0 Å². The van der Waals surface area contributed by atoms with E-state index in [4.69, 9.17) is 0 Å². The van der Waals surface area contributed by atoms with Crippen LogP contribution in [0.4, 0.5) is 11.5 Å². The number of aromatic nitrogens is 2. The van der Waals surface area contributed by atoms with Gasteiger partial charge in [0.1, 0.15) is 10.8 Å². The van der Waals surface area contributed by atoms with Gasteiger partial charge < -0.3 is 5.32 Å². The Morgan fingerprint density at radius 2 is 2.12 bits per heavy atom. The SMILES string of the molecule is CCc1cc(-c2nc(NCc3ccccc3[N+](=O)[O-])cs2)ccn1. The van der Waals surface area contributed by atoms with Crippen LogP contribution in [0.3, 0.4) is 0 Å². The highest BCUT2D eigenvalue weighted by Crippen LogP contribution is 2.27. The fourth-order valence-corrected chi connectivity index (χ4v) is 3.09. The van der Waals surface area contributed by atoms with Crippen molar-refractivity contribution >= 4 is 22.8 Å². The minimum absolute atomic E-state index is 0.113. The van der Waals surface area contributed by atoms with Gasteiger partial charge in [-0.3, -0.25) is 15.1 Å². The van der Waals surface area contributed by atoms with E-state index in [1.165, 1.54) is 17.4 Å². The van der Waals surface area contributed by atoms with Crippen LogP contribution in [0.25, 0.3) is 10.6 Å². The molecule has 3 rings (SSSR count). The molecule has 3 aromatic rings. The number of para-hydroxylation sites is 1. The van der Waals surface area contributed by atoms with Crippen LogP contribution in [0.15, 0.2) is 48.0 Å². The lowest BCUT2D eigenvalue weighted by Crippen LogP contribution is -2.03. The van der Waals surface area contributed by atoms with E-state index in [-0.39, 0.29) is 10.6 Å². The summed E-state index contributed by atoms with van der Waals surface area (Å²) in [5, 5.41) is 17.0. The van der Waals surface area contributed by atoms with Crippen molar-refractivity contribution in [2.75, 3.05) is 5.32 Å². The van der Waals surface area contributed by atoms with Crippen molar-refractivity contribution in [1.82, 2.24) is 9.97 Å². The zero-order valence-corrected chi connectivity index (χ0v) is 13.9. The van der Waals surface area contributed by atoms with E-state index in [0.717, 1.165) is 22.7 Å². The Morgan fingerprint density at radius 3 is 2.92 bits per heavy atom.